The Morgan fingerprint density at radius 1 is 1.24 bits per heavy atom. The third-order valence-electron chi connectivity index (χ3n) is 2.23. The van der Waals surface area contributed by atoms with Crippen molar-refractivity contribution >= 4 is 10.0 Å². The summed E-state index contributed by atoms with van der Waals surface area (Å²) < 4.78 is 26.2. The molecule has 0 spiro atoms. The molecule has 0 saturated carbocycles. The molecule has 0 amide bonds. The summed E-state index contributed by atoms with van der Waals surface area (Å²) in [4.78, 5) is 0.155. The highest BCUT2D eigenvalue weighted by Crippen LogP contribution is 2.11. The fraction of sp³-hybridized carbons (Fsp3) is 0.0909. The largest absolute Gasteiger partial charge is 0.368 e. The van der Waals surface area contributed by atoms with Crippen LogP contribution in [0.1, 0.15) is 0 Å². The SMILES string of the molecule is O=S(=O)(NC1=CC=CNC1O)c1ccccc1. The summed E-state index contributed by atoms with van der Waals surface area (Å²) >= 11 is 0. The lowest BCUT2D eigenvalue weighted by atomic mass is 10.3. The van der Waals surface area contributed by atoms with Gasteiger partial charge in [-0.2, -0.15) is 0 Å². The Bertz CT molecular complexity index is 549. The van der Waals surface area contributed by atoms with Gasteiger partial charge in [-0.3, -0.25) is 4.72 Å². The van der Waals surface area contributed by atoms with E-state index in [1.165, 1.54) is 24.4 Å². The fourth-order valence-electron chi connectivity index (χ4n) is 1.38. The monoisotopic (exact) mass is 252 g/mol. The number of allylic oxidation sites excluding steroid dienone is 2. The maximum absolute atomic E-state index is 11.9. The average Bonchev–Trinajstić information content (AvgIpc) is 2.33. The molecule has 0 aliphatic carbocycles. The quantitative estimate of drug-likeness (QED) is 0.722. The summed E-state index contributed by atoms with van der Waals surface area (Å²) in [7, 11) is -3.64. The van der Waals surface area contributed by atoms with Crippen LogP contribution < -0.4 is 10.0 Å². The van der Waals surface area contributed by atoms with Crippen LogP contribution in [0.15, 0.2) is 59.3 Å². The minimum atomic E-state index is -3.64. The van der Waals surface area contributed by atoms with E-state index in [9.17, 15) is 13.5 Å². The van der Waals surface area contributed by atoms with Crippen molar-refractivity contribution in [1.82, 2.24) is 10.0 Å². The van der Waals surface area contributed by atoms with Crippen molar-refractivity contribution in [1.29, 1.82) is 0 Å². The maximum Gasteiger partial charge on any atom is 0.261 e. The number of dihydropyridines is 1. The van der Waals surface area contributed by atoms with E-state index in [1.54, 1.807) is 24.3 Å². The smallest absolute Gasteiger partial charge is 0.261 e. The van der Waals surface area contributed by atoms with Gasteiger partial charge < -0.3 is 10.4 Å². The molecule has 1 aromatic rings. The van der Waals surface area contributed by atoms with Crippen molar-refractivity contribution < 1.29 is 13.5 Å². The van der Waals surface area contributed by atoms with Gasteiger partial charge in [0, 0.05) is 0 Å². The predicted molar refractivity (Wildman–Crippen MR) is 63.1 cm³/mol. The van der Waals surface area contributed by atoms with E-state index in [1.807, 2.05) is 0 Å². The molecule has 1 unspecified atom stereocenters. The highest BCUT2D eigenvalue weighted by atomic mass is 32.2. The highest BCUT2D eigenvalue weighted by molar-refractivity contribution is 7.89. The molecule has 90 valence electrons. The lowest BCUT2D eigenvalue weighted by molar-refractivity contribution is 0.183. The van der Waals surface area contributed by atoms with Crippen molar-refractivity contribution in [2.45, 2.75) is 11.1 Å². The second kappa shape index (κ2) is 4.60. The number of hydrogen-bond acceptors (Lipinski definition) is 4. The minimum Gasteiger partial charge on any atom is -0.368 e. The van der Waals surface area contributed by atoms with Crippen LogP contribution in [-0.4, -0.2) is 19.8 Å². The van der Waals surface area contributed by atoms with E-state index in [4.69, 9.17) is 0 Å². The topological polar surface area (TPSA) is 78.4 Å². The van der Waals surface area contributed by atoms with Crippen molar-refractivity contribution in [2.24, 2.45) is 0 Å². The van der Waals surface area contributed by atoms with Crippen LogP contribution in [0.25, 0.3) is 0 Å². The van der Waals surface area contributed by atoms with Crippen LogP contribution >= 0.6 is 0 Å². The van der Waals surface area contributed by atoms with Crippen molar-refractivity contribution in [2.75, 3.05) is 0 Å². The number of sulfonamides is 1. The van der Waals surface area contributed by atoms with Gasteiger partial charge in [-0.25, -0.2) is 8.42 Å². The van der Waals surface area contributed by atoms with E-state index in [2.05, 4.69) is 10.0 Å². The molecule has 0 fully saturated rings. The van der Waals surface area contributed by atoms with Gasteiger partial charge in [0.15, 0.2) is 6.23 Å². The van der Waals surface area contributed by atoms with Crippen LogP contribution in [0.5, 0.6) is 0 Å². The third kappa shape index (κ3) is 2.66. The van der Waals surface area contributed by atoms with Gasteiger partial charge in [0.1, 0.15) is 0 Å². The Balaban J connectivity index is 2.24. The van der Waals surface area contributed by atoms with E-state index in [0.717, 1.165) is 0 Å². The third-order valence-corrected chi connectivity index (χ3v) is 3.62. The Morgan fingerprint density at radius 3 is 2.59 bits per heavy atom. The zero-order valence-electron chi connectivity index (χ0n) is 8.87. The molecular weight excluding hydrogens is 240 g/mol. The summed E-state index contributed by atoms with van der Waals surface area (Å²) in [6, 6.07) is 7.98. The zero-order chi connectivity index (χ0) is 12.3. The van der Waals surface area contributed by atoms with Crippen LogP contribution in [0.3, 0.4) is 0 Å². The van der Waals surface area contributed by atoms with Gasteiger partial charge in [-0.1, -0.05) is 18.2 Å². The van der Waals surface area contributed by atoms with Gasteiger partial charge in [0.25, 0.3) is 10.0 Å². The Labute approximate surface area is 99.5 Å². The second-order valence-electron chi connectivity index (χ2n) is 3.47. The Morgan fingerprint density at radius 2 is 1.94 bits per heavy atom. The molecule has 0 bridgehead atoms. The summed E-state index contributed by atoms with van der Waals surface area (Å²) in [6.45, 7) is 0. The zero-order valence-corrected chi connectivity index (χ0v) is 9.68. The number of rotatable bonds is 3. The Hall–Kier alpha value is -1.79. The molecule has 5 nitrogen and oxygen atoms in total. The average molecular weight is 252 g/mol. The minimum absolute atomic E-state index is 0.155. The van der Waals surface area contributed by atoms with E-state index >= 15 is 0 Å². The first-order valence-electron chi connectivity index (χ1n) is 4.98. The molecule has 1 aliphatic rings. The number of aliphatic hydroxyl groups is 1. The predicted octanol–water partition coefficient (Wildman–Crippen LogP) is 0.284. The van der Waals surface area contributed by atoms with Crippen LogP contribution in [0, 0.1) is 0 Å². The molecule has 17 heavy (non-hydrogen) atoms. The number of nitrogens with one attached hydrogen (secondary N) is 2. The highest BCUT2D eigenvalue weighted by Gasteiger charge is 2.19. The molecule has 2 rings (SSSR count). The van der Waals surface area contributed by atoms with Crippen LogP contribution in [-0.2, 0) is 10.0 Å². The van der Waals surface area contributed by atoms with Gasteiger partial charge in [0.05, 0.1) is 10.6 Å². The number of hydrogen-bond donors (Lipinski definition) is 3. The number of benzene rings is 1. The first-order chi connectivity index (χ1) is 8.09. The molecular formula is C11H12N2O3S. The summed E-state index contributed by atoms with van der Waals surface area (Å²) in [5.41, 5.74) is 0.191. The van der Waals surface area contributed by atoms with E-state index in [-0.39, 0.29) is 10.6 Å². The van der Waals surface area contributed by atoms with E-state index in [0.29, 0.717) is 0 Å². The van der Waals surface area contributed by atoms with Crippen molar-refractivity contribution in [3.8, 4) is 0 Å². The van der Waals surface area contributed by atoms with E-state index < -0.39 is 16.3 Å². The summed E-state index contributed by atoms with van der Waals surface area (Å²) in [5, 5.41) is 12.1. The molecule has 0 aromatic heterocycles. The van der Waals surface area contributed by atoms with Crippen molar-refractivity contribution in [3.63, 3.8) is 0 Å². The summed E-state index contributed by atoms with van der Waals surface area (Å²) in [5.74, 6) is 0. The Kier molecular flexibility index (Phi) is 3.16. The van der Waals surface area contributed by atoms with Gasteiger partial charge in [0.2, 0.25) is 0 Å². The van der Waals surface area contributed by atoms with Crippen molar-refractivity contribution in [3.05, 3.63) is 54.4 Å². The normalized spacial score (nSPS) is 19.4. The standard InChI is InChI=1S/C11H12N2O3S/c14-11-10(7-4-8-12-11)13-17(15,16)9-5-2-1-3-6-9/h1-8,11-14H. The molecule has 1 aromatic carbocycles. The lowest BCUT2D eigenvalue weighted by Gasteiger charge is -2.19. The lowest BCUT2D eigenvalue weighted by Crippen LogP contribution is -2.37. The van der Waals surface area contributed by atoms with Crippen LogP contribution in [0.2, 0.25) is 0 Å². The molecule has 1 aliphatic heterocycles. The maximum atomic E-state index is 11.9. The van der Waals surface area contributed by atoms with Crippen LogP contribution in [0.4, 0.5) is 0 Å². The fourth-order valence-corrected chi connectivity index (χ4v) is 2.51. The van der Waals surface area contributed by atoms with Gasteiger partial charge in [-0.05, 0) is 30.5 Å². The number of aliphatic hydroxyl groups excluding tert-OH is 1. The molecule has 6 heteroatoms. The molecule has 0 saturated heterocycles. The first-order valence-corrected chi connectivity index (χ1v) is 6.46. The van der Waals surface area contributed by atoms with Gasteiger partial charge in [-0.15, -0.1) is 0 Å². The van der Waals surface area contributed by atoms with Gasteiger partial charge >= 0.3 is 0 Å². The molecule has 1 atom stereocenters. The molecule has 0 radical (unpaired) electrons. The second-order valence-corrected chi connectivity index (χ2v) is 5.15. The summed E-state index contributed by atoms with van der Waals surface area (Å²) in [6.07, 6.45) is 3.60. The molecule has 1 heterocycles. The molecule has 3 N–H and O–H groups in total. The first kappa shape index (κ1) is 11.7.